The lowest BCUT2D eigenvalue weighted by Crippen LogP contribution is -2.66. The summed E-state index contributed by atoms with van der Waals surface area (Å²) in [5.41, 5.74) is 2.08. The van der Waals surface area contributed by atoms with Crippen LogP contribution in [0.1, 0.15) is 24.5 Å². The van der Waals surface area contributed by atoms with Crippen LogP contribution in [0.4, 0.5) is 0 Å². The molecule has 2 N–H and O–H groups in total. The van der Waals surface area contributed by atoms with Crippen molar-refractivity contribution in [1.82, 2.24) is 9.62 Å². The molecule has 0 radical (unpaired) electrons. The number of nitrogens with one attached hydrogen (secondary N) is 1. The van der Waals surface area contributed by atoms with Crippen molar-refractivity contribution < 1.29 is 13.5 Å². The summed E-state index contributed by atoms with van der Waals surface area (Å²) in [6.45, 7) is 3.13. The van der Waals surface area contributed by atoms with E-state index in [0.717, 1.165) is 24.9 Å². The summed E-state index contributed by atoms with van der Waals surface area (Å²) in [6.07, 6.45) is 1.88. The lowest BCUT2D eigenvalue weighted by molar-refractivity contribution is -0.0395. The highest BCUT2D eigenvalue weighted by molar-refractivity contribution is 7.89. The normalized spacial score (nSPS) is 34.6. The third-order valence-electron chi connectivity index (χ3n) is 6.97. The van der Waals surface area contributed by atoms with E-state index in [-0.39, 0.29) is 28.7 Å². The van der Waals surface area contributed by atoms with Crippen molar-refractivity contribution in [3.63, 3.8) is 0 Å². The molecule has 3 aliphatic rings. The van der Waals surface area contributed by atoms with Gasteiger partial charge in [0.05, 0.1) is 4.90 Å². The first-order chi connectivity index (χ1) is 12.8. The zero-order valence-corrected chi connectivity index (χ0v) is 16.3. The van der Waals surface area contributed by atoms with Crippen LogP contribution >= 0.6 is 0 Å². The Bertz CT molecular complexity index is 1020. The van der Waals surface area contributed by atoms with E-state index in [1.807, 2.05) is 18.2 Å². The predicted octanol–water partition coefficient (Wildman–Crippen LogP) is 2.26. The molecular formula is C21H24N2O3S. The molecule has 2 aliphatic carbocycles. The van der Waals surface area contributed by atoms with E-state index in [2.05, 4.69) is 23.6 Å². The largest absolute Gasteiger partial charge is 0.508 e. The number of phenols is 1. The molecule has 4 atom stereocenters. The molecule has 1 heterocycles. The summed E-state index contributed by atoms with van der Waals surface area (Å²) >= 11 is 0. The van der Waals surface area contributed by atoms with Gasteiger partial charge < -0.3 is 10.0 Å². The monoisotopic (exact) mass is 384 g/mol. The van der Waals surface area contributed by atoms with Crippen LogP contribution in [0.15, 0.2) is 53.4 Å². The molecule has 2 fully saturated rings. The molecule has 5 nitrogen and oxygen atoms in total. The number of likely N-dealkylation sites (tertiary alicyclic amines) is 1. The zero-order valence-electron chi connectivity index (χ0n) is 15.5. The standard InChI is InChI=1S/C21H24N2O3S/c1-20-12-21(11-14-8-9-15(24)10-17(14)20)13-23(2)19(21)18(20)22-27(25,26)16-6-4-3-5-7-16/h3-10,18-19,22,24H,11-13H2,1-2H3/t18-,19-,20+,21?/m0/s1. The Morgan fingerprint density at radius 3 is 2.63 bits per heavy atom. The van der Waals surface area contributed by atoms with Crippen molar-refractivity contribution in [3.05, 3.63) is 59.7 Å². The molecule has 27 heavy (non-hydrogen) atoms. The minimum atomic E-state index is -3.62. The number of aromatic hydroxyl groups is 1. The van der Waals surface area contributed by atoms with Crippen molar-refractivity contribution in [2.45, 2.75) is 42.2 Å². The van der Waals surface area contributed by atoms with E-state index < -0.39 is 10.0 Å². The van der Waals surface area contributed by atoms with Gasteiger partial charge in [0.25, 0.3) is 0 Å². The average Bonchev–Trinajstić information content (AvgIpc) is 2.77. The number of rotatable bonds is 3. The second-order valence-electron chi connectivity index (χ2n) is 8.75. The fourth-order valence-corrected chi connectivity index (χ4v) is 7.52. The van der Waals surface area contributed by atoms with E-state index in [4.69, 9.17) is 0 Å². The molecule has 142 valence electrons. The summed E-state index contributed by atoms with van der Waals surface area (Å²) in [4.78, 5) is 2.57. The van der Waals surface area contributed by atoms with Gasteiger partial charge in [-0.25, -0.2) is 13.1 Å². The number of likely N-dealkylation sites (N-methyl/N-ethyl adjacent to an activating group) is 1. The van der Waals surface area contributed by atoms with Crippen LogP contribution in [0.25, 0.3) is 0 Å². The quantitative estimate of drug-likeness (QED) is 0.852. The molecule has 2 aromatic rings. The van der Waals surface area contributed by atoms with Crippen LogP contribution in [-0.4, -0.2) is 44.1 Å². The third-order valence-corrected chi connectivity index (χ3v) is 8.43. The number of fused-ring (bicyclic) bond motifs is 3. The Kier molecular flexibility index (Phi) is 3.41. The number of hydrogen-bond acceptors (Lipinski definition) is 4. The van der Waals surface area contributed by atoms with Gasteiger partial charge in [0, 0.05) is 29.5 Å². The summed E-state index contributed by atoms with van der Waals surface area (Å²) in [7, 11) is -1.55. The van der Waals surface area contributed by atoms with Gasteiger partial charge in [0.2, 0.25) is 10.0 Å². The average molecular weight is 385 g/mol. The van der Waals surface area contributed by atoms with Crippen LogP contribution in [0.2, 0.25) is 0 Å². The van der Waals surface area contributed by atoms with Gasteiger partial charge in [-0.05, 0) is 55.3 Å². The minimum absolute atomic E-state index is 0.108. The Morgan fingerprint density at radius 1 is 1.19 bits per heavy atom. The number of phenolic OH excluding ortho intramolecular Hbond substituents is 1. The van der Waals surface area contributed by atoms with Crippen LogP contribution in [-0.2, 0) is 21.9 Å². The first kappa shape index (κ1) is 17.2. The maximum atomic E-state index is 13.1. The van der Waals surface area contributed by atoms with Crippen molar-refractivity contribution in [2.24, 2.45) is 5.41 Å². The summed E-state index contributed by atoms with van der Waals surface area (Å²) in [5.74, 6) is 0.239. The first-order valence-corrected chi connectivity index (χ1v) is 10.8. The number of sulfonamides is 1. The van der Waals surface area contributed by atoms with E-state index in [1.54, 1.807) is 30.3 Å². The van der Waals surface area contributed by atoms with Gasteiger partial charge in [-0.2, -0.15) is 0 Å². The predicted molar refractivity (Wildman–Crippen MR) is 103 cm³/mol. The van der Waals surface area contributed by atoms with Gasteiger partial charge in [0.15, 0.2) is 0 Å². The summed E-state index contributed by atoms with van der Waals surface area (Å²) < 4.78 is 29.2. The van der Waals surface area contributed by atoms with Crippen molar-refractivity contribution >= 4 is 10.0 Å². The molecule has 2 aromatic carbocycles. The summed E-state index contributed by atoms with van der Waals surface area (Å²) in [5, 5.41) is 10.1. The van der Waals surface area contributed by atoms with Crippen LogP contribution in [0.3, 0.4) is 0 Å². The van der Waals surface area contributed by atoms with E-state index in [1.165, 1.54) is 5.56 Å². The Morgan fingerprint density at radius 2 is 1.93 bits per heavy atom. The van der Waals surface area contributed by atoms with Crippen LogP contribution < -0.4 is 4.72 Å². The van der Waals surface area contributed by atoms with Gasteiger partial charge in [-0.15, -0.1) is 0 Å². The third kappa shape index (κ3) is 2.27. The van der Waals surface area contributed by atoms with Crippen molar-refractivity contribution in [2.75, 3.05) is 13.6 Å². The fraction of sp³-hybridized carbons (Fsp3) is 0.429. The van der Waals surface area contributed by atoms with Gasteiger partial charge >= 0.3 is 0 Å². The van der Waals surface area contributed by atoms with Crippen molar-refractivity contribution in [3.8, 4) is 5.75 Å². The lowest BCUT2D eigenvalue weighted by Gasteiger charge is -2.54. The number of hydrogen-bond donors (Lipinski definition) is 2. The fourth-order valence-electron chi connectivity index (χ4n) is 6.15. The Hall–Kier alpha value is -1.89. The Labute approximate surface area is 160 Å². The molecule has 1 saturated heterocycles. The molecule has 1 saturated carbocycles. The van der Waals surface area contributed by atoms with E-state index >= 15 is 0 Å². The van der Waals surface area contributed by atoms with Crippen LogP contribution in [0.5, 0.6) is 5.75 Å². The Balaban J connectivity index is 1.62. The molecule has 1 spiro atoms. The second kappa shape index (κ2) is 5.34. The first-order valence-electron chi connectivity index (χ1n) is 9.35. The molecule has 5 rings (SSSR count). The lowest BCUT2D eigenvalue weighted by atomic mass is 9.63. The van der Waals surface area contributed by atoms with E-state index in [9.17, 15) is 13.5 Å². The second-order valence-corrected chi connectivity index (χ2v) is 10.5. The summed E-state index contributed by atoms with van der Waals surface area (Å²) in [6, 6.07) is 14.1. The number of benzene rings is 2. The molecule has 1 aliphatic heterocycles. The SMILES string of the molecule is CN1CC23Cc4ccc(O)cc4[C@@](C)(C2)[C@@H](NS(=O)(=O)c2ccccc2)[C@H]13. The molecule has 1 unspecified atom stereocenters. The van der Waals surface area contributed by atoms with Gasteiger partial charge in [0.1, 0.15) is 5.75 Å². The highest BCUT2D eigenvalue weighted by Crippen LogP contribution is 2.63. The van der Waals surface area contributed by atoms with Crippen molar-refractivity contribution in [1.29, 1.82) is 0 Å². The molecule has 6 heteroatoms. The zero-order chi connectivity index (χ0) is 19.0. The molecule has 0 amide bonds. The van der Waals surface area contributed by atoms with Gasteiger partial charge in [-0.3, -0.25) is 0 Å². The smallest absolute Gasteiger partial charge is 0.240 e. The molecule has 2 bridgehead atoms. The maximum absolute atomic E-state index is 13.1. The minimum Gasteiger partial charge on any atom is -0.508 e. The van der Waals surface area contributed by atoms with Gasteiger partial charge in [-0.1, -0.05) is 31.2 Å². The van der Waals surface area contributed by atoms with Crippen LogP contribution in [0, 0.1) is 5.41 Å². The highest BCUT2D eigenvalue weighted by Gasteiger charge is 2.69. The maximum Gasteiger partial charge on any atom is 0.240 e. The topological polar surface area (TPSA) is 69.6 Å². The molecular weight excluding hydrogens is 360 g/mol. The number of nitrogens with zero attached hydrogens (tertiary/aromatic N) is 1. The highest BCUT2D eigenvalue weighted by atomic mass is 32.2. The van der Waals surface area contributed by atoms with E-state index in [0.29, 0.717) is 4.90 Å². The molecule has 0 aromatic heterocycles.